The van der Waals surface area contributed by atoms with Crippen molar-refractivity contribution in [3.63, 3.8) is 0 Å². The number of hydrazine groups is 1. The van der Waals surface area contributed by atoms with Crippen LogP contribution < -0.4 is 16.0 Å². The molecule has 1 aromatic carbocycles. The van der Waals surface area contributed by atoms with Gasteiger partial charge in [-0.1, -0.05) is 12.1 Å². The van der Waals surface area contributed by atoms with Gasteiger partial charge >= 0.3 is 0 Å². The molecule has 2 unspecified atom stereocenters. The highest BCUT2D eigenvalue weighted by molar-refractivity contribution is 8.00. The number of methoxy groups -OCH3 is 1. The molecule has 0 spiro atoms. The summed E-state index contributed by atoms with van der Waals surface area (Å²) in [7, 11) is 1.74. The van der Waals surface area contributed by atoms with Crippen molar-refractivity contribution >= 4 is 11.8 Å². The minimum absolute atomic E-state index is 0.173. The number of rotatable bonds is 4. The van der Waals surface area contributed by atoms with Crippen molar-refractivity contribution in [1.29, 1.82) is 0 Å². The largest absolute Gasteiger partial charge is 0.496 e. The number of hydrogen-bond acceptors (Lipinski definition) is 4. The van der Waals surface area contributed by atoms with E-state index in [2.05, 4.69) is 31.4 Å². The third kappa shape index (κ3) is 2.51. The zero-order valence-corrected chi connectivity index (χ0v) is 12.1. The van der Waals surface area contributed by atoms with E-state index in [1.54, 1.807) is 7.11 Å². The maximum atomic E-state index is 5.78. The summed E-state index contributed by atoms with van der Waals surface area (Å²) in [5.74, 6) is 7.99. The number of hydrogen-bond donors (Lipinski definition) is 2. The lowest BCUT2D eigenvalue weighted by molar-refractivity contribution is 0.393. The molecule has 1 heterocycles. The molecule has 100 valence electrons. The van der Waals surface area contributed by atoms with Crippen LogP contribution in [-0.4, -0.2) is 18.1 Å². The molecule has 0 bridgehead atoms. The maximum absolute atomic E-state index is 5.78. The van der Waals surface area contributed by atoms with E-state index in [0.717, 1.165) is 5.75 Å². The molecule has 3 N–H and O–H groups in total. The third-order valence-corrected chi connectivity index (χ3v) is 5.22. The van der Waals surface area contributed by atoms with Gasteiger partial charge in [-0.15, -0.1) is 0 Å². The Morgan fingerprint density at radius 1 is 1.44 bits per heavy atom. The fourth-order valence-electron chi connectivity index (χ4n) is 2.59. The van der Waals surface area contributed by atoms with Gasteiger partial charge in [0.15, 0.2) is 0 Å². The fraction of sp³-hybridized carbons (Fsp3) is 0.571. The van der Waals surface area contributed by atoms with E-state index in [9.17, 15) is 0 Å². The second-order valence-corrected chi connectivity index (χ2v) is 6.17. The first-order chi connectivity index (χ1) is 8.69. The monoisotopic (exact) mass is 266 g/mol. The highest BCUT2D eigenvalue weighted by atomic mass is 32.2. The third-order valence-electron chi connectivity index (χ3n) is 3.76. The van der Waals surface area contributed by atoms with Crippen molar-refractivity contribution in [2.45, 2.75) is 38.0 Å². The smallest absolute Gasteiger partial charge is 0.126 e. The normalized spacial score (nSPS) is 21.0. The average molecular weight is 266 g/mol. The summed E-state index contributed by atoms with van der Waals surface area (Å²) in [5, 5.41) is 0.547. The number of nitrogens with two attached hydrogens (primary N) is 1. The highest BCUT2D eigenvalue weighted by Crippen LogP contribution is 2.40. The summed E-state index contributed by atoms with van der Waals surface area (Å²) in [4.78, 5) is 0. The Morgan fingerprint density at radius 3 is 2.78 bits per heavy atom. The fourth-order valence-corrected chi connectivity index (χ4v) is 3.98. The summed E-state index contributed by atoms with van der Waals surface area (Å²) < 4.78 is 5.59. The van der Waals surface area contributed by atoms with Crippen LogP contribution in [0.1, 0.15) is 35.6 Å². The van der Waals surface area contributed by atoms with Crippen LogP contribution in [0, 0.1) is 13.8 Å². The van der Waals surface area contributed by atoms with Crippen molar-refractivity contribution in [2.24, 2.45) is 5.84 Å². The molecule has 1 saturated heterocycles. The lowest BCUT2D eigenvalue weighted by atomic mass is 9.96. The number of benzene rings is 1. The Kier molecular flexibility index (Phi) is 4.54. The van der Waals surface area contributed by atoms with Gasteiger partial charge < -0.3 is 4.74 Å². The predicted molar refractivity (Wildman–Crippen MR) is 78.0 cm³/mol. The topological polar surface area (TPSA) is 47.3 Å². The first-order valence-electron chi connectivity index (χ1n) is 6.41. The molecule has 4 heteroatoms. The van der Waals surface area contributed by atoms with Gasteiger partial charge in [0.1, 0.15) is 5.75 Å². The second kappa shape index (κ2) is 5.95. The van der Waals surface area contributed by atoms with Crippen molar-refractivity contribution < 1.29 is 4.74 Å². The van der Waals surface area contributed by atoms with E-state index in [4.69, 9.17) is 10.6 Å². The molecule has 18 heavy (non-hydrogen) atoms. The van der Waals surface area contributed by atoms with Crippen LogP contribution in [0.5, 0.6) is 5.75 Å². The van der Waals surface area contributed by atoms with E-state index >= 15 is 0 Å². The van der Waals surface area contributed by atoms with E-state index in [1.807, 2.05) is 11.8 Å². The number of ether oxygens (including phenoxy) is 1. The van der Waals surface area contributed by atoms with Crippen LogP contribution >= 0.6 is 11.8 Å². The number of aryl methyl sites for hydroxylation is 1. The quantitative estimate of drug-likeness (QED) is 0.650. The van der Waals surface area contributed by atoms with Gasteiger partial charge in [0.2, 0.25) is 0 Å². The van der Waals surface area contributed by atoms with Gasteiger partial charge in [-0.3, -0.25) is 11.3 Å². The van der Waals surface area contributed by atoms with Crippen molar-refractivity contribution in [3.05, 3.63) is 28.8 Å². The summed E-state index contributed by atoms with van der Waals surface area (Å²) in [6.45, 7) is 4.21. The molecule has 2 rings (SSSR count). The predicted octanol–water partition coefficient (Wildman–Crippen LogP) is 2.71. The molecule has 1 aromatic rings. The summed E-state index contributed by atoms with van der Waals surface area (Å²) in [6, 6.07) is 4.47. The van der Waals surface area contributed by atoms with Gasteiger partial charge in [-0.05, 0) is 43.6 Å². The van der Waals surface area contributed by atoms with E-state index in [0.29, 0.717) is 5.25 Å². The van der Waals surface area contributed by atoms with Crippen LogP contribution in [-0.2, 0) is 0 Å². The van der Waals surface area contributed by atoms with Crippen LogP contribution in [0.4, 0.5) is 0 Å². The molecular formula is C14H22N2OS. The standard InChI is InChI=1S/C14H22N2OS/c1-9-6-7-11(14(17-3)10(9)2)13(16-15)12-5-4-8-18-12/h6-7,12-13,16H,4-5,8,15H2,1-3H3. The van der Waals surface area contributed by atoms with Crippen molar-refractivity contribution in [1.82, 2.24) is 5.43 Å². The lowest BCUT2D eigenvalue weighted by Crippen LogP contribution is -2.34. The minimum Gasteiger partial charge on any atom is -0.496 e. The Hall–Kier alpha value is -0.710. The Bertz CT molecular complexity index is 417. The molecule has 1 fully saturated rings. The van der Waals surface area contributed by atoms with E-state index in [1.165, 1.54) is 35.3 Å². The second-order valence-electron chi connectivity index (χ2n) is 4.83. The van der Waals surface area contributed by atoms with E-state index in [-0.39, 0.29) is 6.04 Å². The first kappa shape index (κ1) is 13.7. The summed E-state index contributed by atoms with van der Waals surface area (Å²) >= 11 is 2.00. The summed E-state index contributed by atoms with van der Waals surface area (Å²) in [5.41, 5.74) is 6.63. The SMILES string of the molecule is COc1c(C(NN)C2CCCS2)ccc(C)c1C. The van der Waals surface area contributed by atoms with E-state index < -0.39 is 0 Å². The molecule has 0 saturated carbocycles. The molecule has 1 aliphatic heterocycles. The molecule has 3 nitrogen and oxygen atoms in total. The van der Waals surface area contributed by atoms with Gasteiger partial charge in [0, 0.05) is 10.8 Å². The average Bonchev–Trinajstić information content (AvgIpc) is 2.89. The zero-order valence-electron chi connectivity index (χ0n) is 11.3. The first-order valence-corrected chi connectivity index (χ1v) is 7.45. The lowest BCUT2D eigenvalue weighted by Gasteiger charge is -2.25. The molecular weight excluding hydrogens is 244 g/mol. The Morgan fingerprint density at radius 2 is 2.22 bits per heavy atom. The highest BCUT2D eigenvalue weighted by Gasteiger charge is 2.28. The van der Waals surface area contributed by atoms with Crippen LogP contribution in [0.2, 0.25) is 0 Å². The molecule has 0 radical (unpaired) electrons. The van der Waals surface area contributed by atoms with Gasteiger partial charge in [0.25, 0.3) is 0 Å². The Labute approximate surface area is 113 Å². The van der Waals surface area contributed by atoms with Gasteiger partial charge in [-0.2, -0.15) is 11.8 Å². The van der Waals surface area contributed by atoms with Crippen LogP contribution in [0.3, 0.4) is 0 Å². The molecule has 0 aliphatic carbocycles. The molecule has 0 amide bonds. The minimum atomic E-state index is 0.173. The Balaban J connectivity index is 2.38. The summed E-state index contributed by atoms with van der Waals surface area (Å²) in [6.07, 6.45) is 2.50. The molecule has 2 atom stereocenters. The van der Waals surface area contributed by atoms with Crippen LogP contribution in [0.15, 0.2) is 12.1 Å². The zero-order chi connectivity index (χ0) is 13.1. The number of thioether (sulfide) groups is 1. The molecule has 1 aliphatic rings. The maximum Gasteiger partial charge on any atom is 0.126 e. The van der Waals surface area contributed by atoms with Gasteiger partial charge in [-0.25, -0.2) is 0 Å². The van der Waals surface area contributed by atoms with Gasteiger partial charge in [0.05, 0.1) is 13.2 Å². The van der Waals surface area contributed by atoms with Crippen molar-refractivity contribution in [2.75, 3.05) is 12.9 Å². The van der Waals surface area contributed by atoms with Crippen LogP contribution in [0.25, 0.3) is 0 Å². The van der Waals surface area contributed by atoms with Crippen molar-refractivity contribution in [3.8, 4) is 5.75 Å². The molecule has 0 aromatic heterocycles. The number of nitrogens with one attached hydrogen (secondary N) is 1.